The molecule has 1 N–H and O–H groups in total. The molecule has 0 saturated carbocycles. The van der Waals surface area contributed by atoms with Crippen LogP contribution in [0.25, 0.3) is 0 Å². The summed E-state index contributed by atoms with van der Waals surface area (Å²) in [4.78, 5) is 2.70. The molecule has 0 unspecified atom stereocenters. The third-order valence-electron chi connectivity index (χ3n) is 5.00. The molecule has 132 valence electrons. The predicted molar refractivity (Wildman–Crippen MR) is 101 cm³/mol. The maximum Gasteiger partial charge on any atom is 0.0469 e. The van der Waals surface area contributed by atoms with E-state index in [-0.39, 0.29) is 24.8 Å². The zero-order chi connectivity index (χ0) is 14.7. The molecule has 2 fully saturated rings. The van der Waals surface area contributed by atoms with Crippen LogP contribution in [0.5, 0.6) is 0 Å². The fourth-order valence-corrected chi connectivity index (χ4v) is 3.90. The molecule has 0 aromatic heterocycles. The second-order valence-electron chi connectivity index (χ2n) is 6.54. The number of hydrogen-bond acceptors (Lipinski definition) is 3. The molecule has 2 saturated heterocycles. The minimum absolute atomic E-state index is 0. The minimum atomic E-state index is 0. The van der Waals surface area contributed by atoms with Crippen LogP contribution in [-0.4, -0.2) is 44.3 Å². The molecule has 1 atom stereocenters. The smallest absolute Gasteiger partial charge is 0.0469 e. The molecule has 1 aromatic carbocycles. The molecule has 2 heterocycles. The molecule has 23 heavy (non-hydrogen) atoms. The highest BCUT2D eigenvalue weighted by Gasteiger charge is 2.31. The first-order valence-electron chi connectivity index (χ1n) is 8.35. The number of hydrogen-bond donors (Lipinski definition) is 1. The fraction of sp³-hybridized carbons (Fsp3) is 0.667. The van der Waals surface area contributed by atoms with Crippen LogP contribution in [0.3, 0.4) is 0 Å². The normalized spacial score (nSPS) is 21.1. The molecular weight excluding hydrogens is 331 g/mol. The molecule has 3 nitrogen and oxygen atoms in total. The van der Waals surface area contributed by atoms with Gasteiger partial charge in [-0.1, -0.05) is 23.8 Å². The number of halogens is 2. The maximum absolute atomic E-state index is 5.59. The highest BCUT2D eigenvalue weighted by molar-refractivity contribution is 5.85. The van der Waals surface area contributed by atoms with Gasteiger partial charge in [0.15, 0.2) is 0 Å². The average Bonchev–Trinajstić information content (AvgIpc) is 2.52. The van der Waals surface area contributed by atoms with E-state index in [9.17, 15) is 0 Å². The minimum Gasteiger partial charge on any atom is -0.381 e. The Morgan fingerprint density at radius 1 is 1.09 bits per heavy atom. The van der Waals surface area contributed by atoms with E-state index in [1.54, 1.807) is 0 Å². The van der Waals surface area contributed by atoms with Gasteiger partial charge in [-0.2, -0.15) is 0 Å². The molecule has 1 aromatic rings. The Hall–Kier alpha value is -0.320. The molecular formula is C18H30Cl2N2O. The van der Waals surface area contributed by atoms with Crippen molar-refractivity contribution in [3.05, 3.63) is 34.9 Å². The predicted octanol–water partition coefficient (Wildman–Crippen LogP) is 3.52. The van der Waals surface area contributed by atoms with Gasteiger partial charge < -0.3 is 10.1 Å². The van der Waals surface area contributed by atoms with Crippen LogP contribution in [0.4, 0.5) is 0 Å². The third-order valence-corrected chi connectivity index (χ3v) is 5.00. The summed E-state index contributed by atoms with van der Waals surface area (Å²) in [6.07, 6.45) is 2.39. The number of benzene rings is 1. The summed E-state index contributed by atoms with van der Waals surface area (Å²) < 4.78 is 5.59. The highest BCUT2D eigenvalue weighted by atomic mass is 35.5. The van der Waals surface area contributed by atoms with Crippen molar-refractivity contribution in [2.45, 2.75) is 32.7 Å². The molecule has 0 spiro atoms. The fourth-order valence-electron chi connectivity index (χ4n) is 3.90. The first-order valence-corrected chi connectivity index (χ1v) is 8.35. The van der Waals surface area contributed by atoms with E-state index >= 15 is 0 Å². The van der Waals surface area contributed by atoms with Gasteiger partial charge in [-0.3, -0.25) is 4.90 Å². The van der Waals surface area contributed by atoms with E-state index in [4.69, 9.17) is 4.74 Å². The molecule has 2 aliphatic rings. The first kappa shape index (κ1) is 20.7. The van der Waals surface area contributed by atoms with Gasteiger partial charge in [-0.05, 0) is 43.7 Å². The van der Waals surface area contributed by atoms with Gasteiger partial charge in [0.05, 0.1) is 0 Å². The topological polar surface area (TPSA) is 24.5 Å². The Balaban J connectivity index is 0.00000132. The summed E-state index contributed by atoms with van der Waals surface area (Å²) >= 11 is 0. The number of nitrogens with one attached hydrogen (secondary N) is 1. The van der Waals surface area contributed by atoms with Crippen LogP contribution >= 0.6 is 24.8 Å². The standard InChI is InChI=1S/C18H28N2O.2ClH/c1-14-3-4-17(15(2)13-14)18(16-5-11-21-12-6-16)20-9-7-19-8-10-20;;/h3-4,13,16,18-19H,5-12H2,1-2H3;2*1H/t18-;;/m0../s1. The van der Waals surface area contributed by atoms with Gasteiger partial charge in [-0.25, -0.2) is 0 Å². The Morgan fingerprint density at radius 2 is 1.74 bits per heavy atom. The molecule has 5 heteroatoms. The van der Waals surface area contributed by atoms with E-state index in [2.05, 4.69) is 42.3 Å². The summed E-state index contributed by atoms with van der Waals surface area (Å²) in [5.41, 5.74) is 4.35. The van der Waals surface area contributed by atoms with Crippen molar-refractivity contribution in [3.8, 4) is 0 Å². The van der Waals surface area contributed by atoms with Gasteiger partial charge in [0.2, 0.25) is 0 Å². The summed E-state index contributed by atoms with van der Waals surface area (Å²) in [6.45, 7) is 10.9. The summed E-state index contributed by atoms with van der Waals surface area (Å²) in [5.74, 6) is 0.734. The van der Waals surface area contributed by atoms with Gasteiger partial charge in [0, 0.05) is 45.4 Å². The quantitative estimate of drug-likeness (QED) is 0.892. The van der Waals surface area contributed by atoms with Gasteiger partial charge in [0.1, 0.15) is 0 Å². The Morgan fingerprint density at radius 3 is 2.35 bits per heavy atom. The van der Waals surface area contributed by atoms with E-state index in [0.717, 1.165) is 45.3 Å². The van der Waals surface area contributed by atoms with Crippen LogP contribution in [0.1, 0.15) is 35.6 Å². The van der Waals surface area contributed by atoms with Crippen LogP contribution in [0, 0.1) is 19.8 Å². The Kier molecular flexibility index (Phi) is 8.88. The van der Waals surface area contributed by atoms with E-state index in [0.29, 0.717) is 6.04 Å². The Bertz CT molecular complexity index is 454. The molecule has 0 aliphatic carbocycles. The van der Waals surface area contributed by atoms with Gasteiger partial charge in [-0.15, -0.1) is 24.8 Å². The maximum atomic E-state index is 5.59. The largest absolute Gasteiger partial charge is 0.381 e. The van der Waals surface area contributed by atoms with Crippen LogP contribution in [0.15, 0.2) is 18.2 Å². The molecule has 0 amide bonds. The van der Waals surface area contributed by atoms with E-state index < -0.39 is 0 Å². The number of nitrogens with zero attached hydrogens (tertiary/aromatic N) is 1. The number of ether oxygens (including phenoxy) is 1. The molecule has 3 rings (SSSR count). The van der Waals surface area contributed by atoms with Crippen molar-refractivity contribution < 1.29 is 4.74 Å². The lowest BCUT2D eigenvalue weighted by Crippen LogP contribution is -2.47. The third kappa shape index (κ3) is 5.07. The van der Waals surface area contributed by atoms with Gasteiger partial charge >= 0.3 is 0 Å². The second-order valence-corrected chi connectivity index (χ2v) is 6.54. The zero-order valence-electron chi connectivity index (χ0n) is 14.2. The monoisotopic (exact) mass is 360 g/mol. The van der Waals surface area contributed by atoms with Crippen molar-refractivity contribution in [2.75, 3.05) is 39.4 Å². The second kappa shape index (κ2) is 9.85. The van der Waals surface area contributed by atoms with Crippen LogP contribution in [0.2, 0.25) is 0 Å². The van der Waals surface area contributed by atoms with Gasteiger partial charge in [0.25, 0.3) is 0 Å². The van der Waals surface area contributed by atoms with Crippen molar-refractivity contribution in [3.63, 3.8) is 0 Å². The molecule has 0 bridgehead atoms. The van der Waals surface area contributed by atoms with Crippen molar-refractivity contribution in [1.29, 1.82) is 0 Å². The zero-order valence-corrected chi connectivity index (χ0v) is 15.8. The van der Waals surface area contributed by atoms with E-state index in [1.807, 2.05) is 0 Å². The Labute approximate surface area is 153 Å². The first-order chi connectivity index (χ1) is 10.3. The SMILES string of the molecule is Cc1ccc([C@H](C2CCOCC2)N2CCNCC2)c(C)c1.Cl.Cl. The summed E-state index contributed by atoms with van der Waals surface area (Å²) in [7, 11) is 0. The molecule has 0 radical (unpaired) electrons. The number of rotatable bonds is 3. The van der Waals surface area contributed by atoms with Crippen molar-refractivity contribution >= 4 is 24.8 Å². The average molecular weight is 361 g/mol. The lowest BCUT2D eigenvalue weighted by atomic mass is 9.83. The number of piperazine rings is 1. The number of aryl methyl sites for hydroxylation is 2. The molecule has 2 aliphatic heterocycles. The lowest BCUT2D eigenvalue weighted by molar-refractivity contribution is 0.0211. The highest BCUT2D eigenvalue weighted by Crippen LogP contribution is 2.36. The van der Waals surface area contributed by atoms with E-state index in [1.165, 1.54) is 29.5 Å². The van der Waals surface area contributed by atoms with Crippen molar-refractivity contribution in [2.24, 2.45) is 5.92 Å². The van der Waals surface area contributed by atoms with Crippen LogP contribution in [-0.2, 0) is 4.74 Å². The van der Waals surface area contributed by atoms with Crippen molar-refractivity contribution in [1.82, 2.24) is 10.2 Å². The summed E-state index contributed by atoms with van der Waals surface area (Å²) in [5, 5.41) is 3.48. The lowest BCUT2D eigenvalue weighted by Gasteiger charge is -2.41. The summed E-state index contributed by atoms with van der Waals surface area (Å²) in [6, 6.07) is 7.55. The van der Waals surface area contributed by atoms with Crippen LogP contribution < -0.4 is 5.32 Å².